The van der Waals surface area contributed by atoms with Crippen molar-refractivity contribution in [2.75, 3.05) is 20.1 Å². The number of aromatic nitrogens is 5. The van der Waals surface area contributed by atoms with E-state index in [1.165, 1.54) is 19.3 Å². The van der Waals surface area contributed by atoms with Crippen molar-refractivity contribution < 1.29 is 31.5 Å². The second-order valence-electron chi connectivity index (χ2n) is 7.68. The maximum Gasteiger partial charge on any atom is 0.451 e. The van der Waals surface area contributed by atoms with E-state index >= 15 is 0 Å². The van der Waals surface area contributed by atoms with Gasteiger partial charge in [-0.05, 0) is 32.0 Å². The highest BCUT2D eigenvalue weighted by molar-refractivity contribution is 5.32. The standard InChI is InChI=1S/C13H17F2N5.C6H6F3NO2.C2H6/c1-8-3-4-19(2)6-9(8)11-5-10(12(14)15)18-13-16-7-17-20(11)13;1-3-10-4(2-11)5(12-3)6(7,8)9;1-2/h5,7-9,12H,3-4,6H2,1-2H3;11H,2H2,1H3;1-2H3. The molecule has 13 heteroatoms. The van der Waals surface area contributed by atoms with Gasteiger partial charge in [0.25, 0.3) is 12.2 Å². The van der Waals surface area contributed by atoms with Crippen LogP contribution in [0.4, 0.5) is 22.0 Å². The van der Waals surface area contributed by atoms with Crippen molar-refractivity contribution in [3.8, 4) is 0 Å². The van der Waals surface area contributed by atoms with Crippen LogP contribution in [0, 0.1) is 12.8 Å². The maximum absolute atomic E-state index is 13.0. The molecule has 1 N–H and O–H groups in total. The molecule has 2 atom stereocenters. The number of hydrogen-bond donors (Lipinski definition) is 1. The van der Waals surface area contributed by atoms with Gasteiger partial charge >= 0.3 is 6.18 Å². The van der Waals surface area contributed by atoms with Crippen LogP contribution in [0.5, 0.6) is 0 Å². The van der Waals surface area contributed by atoms with Gasteiger partial charge in [-0.1, -0.05) is 20.8 Å². The summed E-state index contributed by atoms with van der Waals surface area (Å²) in [5, 5.41) is 12.6. The van der Waals surface area contributed by atoms with Crippen LogP contribution in [0.15, 0.2) is 16.8 Å². The third-order valence-corrected chi connectivity index (χ3v) is 5.28. The largest absolute Gasteiger partial charge is 0.451 e. The molecule has 0 spiro atoms. The molecule has 190 valence electrons. The number of fused-ring (bicyclic) bond motifs is 1. The first-order valence-corrected chi connectivity index (χ1v) is 10.8. The molecule has 0 saturated carbocycles. The molecule has 8 nitrogen and oxygen atoms in total. The Hall–Kier alpha value is -2.67. The van der Waals surface area contributed by atoms with Gasteiger partial charge in [0.15, 0.2) is 5.89 Å². The fourth-order valence-corrected chi connectivity index (χ4v) is 3.65. The fraction of sp³-hybridized carbons (Fsp3) is 0.619. The molecule has 3 aromatic heterocycles. The van der Waals surface area contributed by atoms with E-state index in [4.69, 9.17) is 5.11 Å². The zero-order valence-corrected chi connectivity index (χ0v) is 19.6. The number of nitrogens with zero attached hydrogens (tertiary/aromatic N) is 6. The molecule has 1 fully saturated rings. The monoisotopic (exact) mass is 492 g/mol. The van der Waals surface area contributed by atoms with Crippen molar-refractivity contribution in [2.24, 2.45) is 5.92 Å². The summed E-state index contributed by atoms with van der Waals surface area (Å²) >= 11 is 0. The minimum Gasteiger partial charge on any atom is -0.436 e. The summed E-state index contributed by atoms with van der Waals surface area (Å²) in [6.07, 6.45) is -4.77. The van der Waals surface area contributed by atoms with Crippen molar-refractivity contribution >= 4 is 5.78 Å². The van der Waals surface area contributed by atoms with Crippen molar-refractivity contribution in [1.29, 1.82) is 0 Å². The first-order valence-electron chi connectivity index (χ1n) is 10.8. The summed E-state index contributed by atoms with van der Waals surface area (Å²) in [5.41, 5.74) is 0.0859. The number of aryl methyl sites for hydroxylation is 1. The molecule has 1 aliphatic heterocycles. The average Bonchev–Trinajstić information content (AvgIpc) is 3.42. The number of rotatable bonds is 3. The molecule has 0 radical (unpaired) electrons. The Morgan fingerprint density at radius 2 is 1.91 bits per heavy atom. The molecule has 0 amide bonds. The summed E-state index contributed by atoms with van der Waals surface area (Å²) < 4.78 is 67.9. The molecule has 1 aliphatic rings. The van der Waals surface area contributed by atoms with Crippen LogP contribution in [0.25, 0.3) is 5.78 Å². The van der Waals surface area contributed by atoms with E-state index in [0.717, 1.165) is 25.2 Å². The molecule has 1 saturated heterocycles. The molecule has 4 rings (SSSR count). The van der Waals surface area contributed by atoms with Gasteiger partial charge < -0.3 is 14.4 Å². The van der Waals surface area contributed by atoms with Crippen LogP contribution in [-0.2, 0) is 12.8 Å². The summed E-state index contributed by atoms with van der Waals surface area (Å²) in [4.78, 5) is 13.4. The molecule has 4 heterocycles. The average molecular weight is 492 g/mol. The van der Waals surface area contributed by atoms with Crippen molar-refractivity contribution in [3.63, 3.8) is 0 Å². The van der Waals surface area contributed by atoms with Gasteiger partial charge in [0.05, 0.1) is 12.3 Å². The van der Waals surface area contributed by atoms with Gasteiger partial charge in [0.1, 0.15) is 17.7 Å². The molecule has 0 bridgehead atoms. The Balaban J connectivity index is 0.000000251. The first-order chi connectivity index (χ1) is 16.0. The number of likely N-dealkylation sites (N-methyl/N-ethyl adjacent to an activating group) is 1. The van der Waals surface area contributed by atoms with Crippen molar-refractivity contribution in [1.82, 2.24) is 29.5 Å². The van der Waals surface area contributed by atoms with Crippen LogP contribution < -0.4 is 0 Å². The molecular weight excluding hydrogens is 463 g/mol. The number of oxazole rings is 1. The highest BCUT2D eigenvalue weighted by Gasteiger charge is 2.38. The smallest absolute Gasteiger partial charge is 0.436 e. The lowest BCUT2D eigenvalue weighted by molar-refractivity contribution is -0.154. The van der Waals surface area contributed by atoms with Gasteiger partial charge in [-0.25, -0.2) is 23.3 Å². The molecule has 2 unspecified atom stereocenters. The van der Waals surface area contributed by atoms with E-state index in [2.05, 4.69) is 36.3 Å². The third kappa shape index (κ3) is 6.47. The van der Waals surface area contributed by atoms with E-state index < -0.39 is 30.7 Å². The van der Waals surface area contributed by atoms with Crippen LogP contribution in [0.1, 0.15) is 68.3 Å². The van der Waals surface area contributed by atoms with E-state index in [0.29, 0.717) is 5.92 Å². The maximum atomic E-state index is 13.0. The summed E-state index contributed by atoms with van der Waals surface area (Å²) in [6, 6.07) is 1.48. The predicted molar refractivity (Wildman–Crippen MR) is 113 cm³/mol. The number of likely N-dealkylation sites (tertiary alicyclic amines) is 1. The summed E-state index contributed by atoms with van der Waals surface area (Å²) in [7, 11) is 2.05. The van der Waals surface area contributed by atoms with Gasteiger partial charge in [-0.15, -0.1) is 0 Å². The molecule has 34 heavy (non-hydrogen) atoms. The highest BCUT2D eigenvalue weighted by atomic mass is 19.4. The number of hydrogen-bond acceptors (Lipinski definition) is 7. The lowest BCUT2D eigenvalue weighted by atomic mass is 9.84. The Kier molecular flexibility index (Phi) is 9.45. The van der Waals surface area contributed by atoms with E-state index in [-0.39, 0.29) is 23.3 Å². The Bertz CT molecular complexity index is 1050. The van der Waals surface area contributed by atoms with Gasteiger partial charge in [0.2, 0.25) is 5.76 Å². The van der Waals surface area contributed by atoms with Gasteiger partial charge in [-0.3, -0.25) is 0 Å². The van der Waals surface area contributed by atoms with Crippen LogP contribution in [-0.4, -0.2) is 54.7 Å². The minimum absolute atomic E-state index is 0.105. The van der Waals surface area contributed by atoms with Crippen molar-refractivity contribution in [2.45, 2.75) is 59.2 Å². The number of halogens is 5. The van der Waals surface area contributed by atoms with Gasteiger partial charge in [-0.2, -0.15) is 23.3 Å². The van der Waals surface area contributed by atoms with E-state index in [1.54, 1.807) is 4.52 Å². The highest BCUT2D eigenvalue weighted by Crippen LogP contribution is 2.33. The van der Waals surface area contributed by atoms with Crippen molar-refractivity contribution in [3.05, 3.63) is 41.1 Å². The van der Waals surface area contributed by atoms with Crippen LogP contribution in [0.3, 0.4) is 0 Å². The zero-order valence-electron chi connectivity index (χ0n) is 19.6. The minimum atomic E-state index is -4.58. The predicted octanol–water partition coefficient (Wildman–Crippen LogP) is 4.64. The molecule has 0 aliphatic carbocycles. The number of aliphatic hydroxyl groups excluding tert-OH is 1. The lowest BCUT2D eigenvalue weighted by Gasteiger charge is -2.35. The first kappa shape index (κ1) is 27.6. The molecule has 3 aromatic rings. The zero-order chi connectivity index (χ0) is 25.6. The number of aliphatic hydroxyl groups is 1. The van der Waals surface area contributed by atoms with E-state index in [9.17, 15) is 22.0 Å². The summed E-state index contributed by atoms with van der Waals surface area (Å²) in [5.74, 6) is -0.489. The summed E-state index contributed by atoms with van der Waals surface area (Å²) in [6.45, 7) is 8.54. The molecular formula is C21H29F5N6O2. The third-order valence-electron chi connectivity index (χ3n) is 5.28. The molecule has 0 aromatic carbocycles. The Labute approximate surface area is 193 Å². The number of alkyl halides is 5. The van der Waals surface area contributed by atoms with E-state index in [1.807, 2.05) is 20.9 Å². The topological polar surface area (TPSA) is 92.6 Å². The quantitative estimate of drug-likeness (QED) is 0.533. The normalized spacial score (nSPS) is 18.9. The van der Waals surface area contributed by atoms with Gasteiger partial charge in [0, 0.05) is 19.4 Å². The fourth-order valence-electron chi connectivity index (χ4n) is 3.65. The second-order valence-corrected chi connectivity index (χ2v) is 7.68. The second kappa shape index (κ2) is 11.6. The van der Waals surface area contributed by atoms with Crippen LogP contribution in [0.2, 0.25) is 0 Å². The Morgan fingerprint density at radius 3 is 2.47 bits per heavy atom. The Morgan fingerprint density at radius 1 is 1.24 bits per heavy atom. The number of piperidine rings is 1. The lowest BCUT2D eigenvalue weighted by Crippen LogP contribution is -2.36. The van der Waals surface area contributed by atoms with Crippen LogP contribution >= 0.6 is 0 Å². The SMILES string of the molecule is CC.CC1CCN(C)CC1c1cc(C(F)F)nc2ncnn12.Cc1nc(CO)c(C(F)(F)F)o1.